The van der Waals surface area contributed by atoms with Gasteiger partial charge in [0.2, 0.25) is 17.7 Å². The van der Waals surface area contributed by atoms with E-state index in [1.165, 1.54) is 38.1 Å². The highest BCUT2D eigenvalue weighted by Crippen LogP contribution is 2.45. The number of nitrogens with one attached hydrogen (secondary N) is 4. The lowest BCUT2D eigenvalue weighted by Gasteiger charge is -2.33. The van der Waals surface area contributed by atoms with E-state index in [1.807, 2.05) is 29.0 Å². The molecule has 72 heavy (non-hydrogen) atoms. The van der Waals surface area contributed by atoms with Crippen LogP contribution in [-0.4, -0.2) is 144 Å². The number of rotatable bonds is 18. The zero-order valence-corrected chi connectivity index (χ0v) is 41.4. The number of ether oxygens (including phenoxy) is 2. The number of hydrogen-bond acceptors (Lipinski definition) is 17. The average Bonchev–Trinajstić information content (AvgIpc) is 3.30. The van der Waals surface area contributed by atoms with E-state index in [0.717, 1.165) is 30.0 Å². The summed E-state index contributed by atoms with van der Waals surface area (Å²) in [5.41, 5.74) is 19.2. The van der Waals surface area contributed by atoms with E-state index in [1.54, 1.807) is 0 Å². The fourth-order valence-electron chi connectivity index (χ4n) is 7.68. The molecule has 4 bridgehead atoms. The number of anilines is 1. The highest BCUT2D eigenvalue weighted by Gasteiger charge is 2.38. The van der Waals surface area contributed by atoms with Gasteiger partial charge in [-0.2, -0.15) is 13.1 Å². The van der Waals surface area contributed by atoms with E-state index in [4.69, 9.17) is 31.8 Å². The maximum Gasteiger partial charge on any atom is 0.326 e. The number of aromatic nitrogens is 2. The van der Waals surface area contributed by atoms with Gasteiger partial charge in [0.05, 0.1) is 5.69 Å². The summed E-state index contributed by atoms with van der Waals surface area (Å²) in [6, 6.07) is 7.49. The Hall–Kier alpha value is -7.00. The lowest BCUT2D eigenvalue weighted by molar-refractivity contribution is -0.143. The van der Waals surface area contributed by atoms with Crippen LogP contribution >= 0.6 is 0 Å². The molecule has 4 amide bonds. The second kappa shape index (κ2) is 23.5. The van der Waals surface area contributed by atoms with Crippen LogP contribution in [-0.2, 0) is 42.2 Å². The quantitative estimate of drug-likeness (QED) is 0.0575. The molecule has 1 aromatic heterocycles. The number of carboxylic acids is 1. The topological polar surface area (TPSA) is 400 Å². The summed E-state index contributed by atoms with van der Waals surface area (Å²) in [6.07, 6.45) is -1.91. The van der Waals surface area contributed by atoms with Gasteiger partial charge in [-0.1, -0.05) is 51.1 Å². The lowest BCUT2D eigenvalue weighted by Crippen LogP contribution is -2.57. The first-order valence-electron chi connectivity index (χ1n) is 22.6. The van der Waals surface area contributed by atoms with Gasteiger partial charge in [-0.15, -0.1) is 0 Å². The Morgan fingerprint density at radius 3 is 2.11 bits per heavy atom. The van der Waals surface area contributed by atoms with Crippen LogP contribution in [0.15, 0.2) is 54.6 Å². The number of aliphatic hydroxyl groups excluding tert-OH is 2. The Balaban J connectivity index is 1.65. The molecule has 1 aliphatic heterocycles. The number of benzene rings is 3. The van der Waals surface area contributed by atoms with Gasteiger partial charge in [0.15, 0.2) is 17.3 Å². The Kier molecular flexibility index (Phi) is 18.2. The zero-order valence-electron chi connectivity index (χ0n) is 40.6. The summed E-state index contributed by atoms with van der Waals surface area (Å²) in [4.78, 5) is 79.5. The number of phenolic OH excluding ortho intramolecular Hbond substituents is 1. The minimum absolute atomic E-state index is 0.00568. The van der Waals surface area contributed by atoms with Gasteiger partial charge >= 0.3 is 5.97 Å². The van der Waals surface area contributed by atoms with E-state index < -0.39 is 95.1 Å². The number of fused-ring (bicyclic) bond motifs is 5. The van der Waals surface area contributed by atoms with Crippen LogP contribution in [0.25, 0.3) is 22.5 Å². The third-order valence-electron chi connectivity index (χ3n) is 11.3. The number of nitrogens with zero attached hydrogens (tertiary/aromatic N) is 3. The predicted octanol–water partition coefficient (Wildman–Crippen LogP) is -0.886. The Labute approximate surface area is 416 Å². The second-order valence-corrected chi connectivity index (χ2v) is 20.0. The normalized spacial score (nSPS) is 17.6. The van der Waals surface area contributed by atoms with E-state index in [0.29, 0.717) is 11.1 Å². The molecule has 0 saturated heterocycles. The number of phenols is 1. The third kappa shape index (κ3) is 14.6. The van der Waals surface area contributed by atoms with E-state index in [9.17, 15) is 52.8 Å². The minimum atomic E-state index is -4.54. The van der Waals surface area contributed by atoms with Crippen molar-refractivity contribution in [3.8, 4) is 39.8 Å². The molecular formula is C47H63N11O13S. The van der Waals surface area contributed by atoms with Crippen molar-refractivity contribution in [2.75, 3.05) is 45.6 Å². The molecular weight excluding hydrogens is 959 g/mol. The number of aliphatic carboxylic acids is 1. The first-order chi connectivity index (χ1) is 33.7. The van der Waals surface area contributed by atoms with E-state index >= 15 is 0 Å². The summed E-state index contributed by atoms with van der Waals surface area (Å²) in [5, 5.41) is 55.4. The molecule has 0 aliphatic carbocycles. The largest absolute Gasteiger partial charge is 0.504 e. The summed E-state index contributed by atoms with van der Waals surface area (Å²) in [6.45, 7) is 6.88. The molecule has 2 heterocycles. The standard InChI is InChI=1S/C47H63N11O13S/c1-23-37(40(50)57-41(53-23)27-10-7-25(8-11-27)17-47(3,4)5)43(63)56-34(20-52-72(51,68)69)45(65)58(6)38-28-15-32(39(61)36(16-28)71-22-30(60)19-49)31-13-26(9-12-35(31)70-21-29(59)18-48)14-33(46(66)67)55-42(62)24(2)54-44(38)64/h7-13,15-16,24,29-30,33-34,38,52,59-61H,14,17-22,48-49H2,1-6H3,(H,54,64)(H,55,62)(H,56,63)(H,66,67)(H2,50,53,57)(H2,51,68,69)/t24-,29+,30+,33-,34-,38-/m0/s1. The number of aliphatic hydroxyl groups is 2. The molecule has 0 spiro atoms. The van der Waals surface area contributed by atoms with Crippen LogP contribution < -0.4 is 52.5 Å². The minimum Gasteiger partial charge on any atom is -0.504 e. The van der Waals surface area contributed by atoms with Crippen LogP contribution in [0.1, 0.15) is 66.5 Å². The van der Waals surface area contributed by atoms with Gasteiger partial charge in [0, 0.05) is 49.8 Å². The van der Waals surface area contributed by atoms with Crippen LogP contribution in [0.2, 0.25) is 0 Å². The van der Waals surface area contributed by atoms with Crippen molar-refractivity contribution < 1.29 is 62.3 Å². The van der Waals surface area contributed by atoms with Crippen LogP contribution in [0, 0.1) is 12.3 Å². The molecule has 0 radical (unpaired) electrons. The number of nitrogens with two attached hydrogens (primary N) is 4. The molecule has 25 heteroatoms. The molecule has 5 rings (SSSR count). The van der Waals surface area contributed by atoms with Crippen molar-refractivity contribution in [1.29, 1.82) is 0 Å². The summed E-state index contributed by atoms with van der Waals surface area (Å²) in [7, 11) is -3.42. The van der Waals surface area contributed by atoms with Gasteiger partial charge in [-0.3, -0.25) is 19.2 Å². The smallest absolute Gasteiger partial charge is 0.326 e. The summed E-state index contributed by atoms with van der Waals surface area (Å²) >= 11 is 0. The number of carboxylic acid groups (broad SMARTS) is 1. The molecule has 6 atom stereocenters. The molecule has 390 valence electrons. The van der Waals surface area contributed by atoms with Gasteiger partial charge < -0.3 is 68.0 Å². The van der Waals surface area contributed by atoms with Gasteiger partial charge in [0.1, 0.15) is 66.7 Å². The highest BCUT2D eigenvalue weighted by atomic mass is 32.2. The first-order valence-corrected chi connectivity index (χ1v) is 24.2. The SMILES string of the molecule is Cc1nc(-c2ccc(CC(C)(C)C)cc2)nc(N)c1C(=O)N[C@@H](CNS(N)(=O)=O)C(=O)N(C)[C@@H]1C(=O)N[C@@H](C)C(=O)N[C@H](C(=O)O)Cc2ccc(OC[C@H](O)CN)c(c2)-c2cc1cc(OC[C@H](O)CN)c2O. The number of hydrogen-bond donors (Lipinski definition) is 12. The highest BCUT2D eigenvalue weighted by molar-refractivity contribution is 7.87. The Morgan fingerprint density at radius 2 is 1.54 bits per heavy atom. The molecule has 0 saturated carbocycles. The maximum absolute atomic E-state index is 14.9. The van der Waals surface area contributed by atoms with Crippen LogP contribution in [0.4, 0.5) is 5.82 Å². The fraction of sp³-hybridized carbons (Fsp3) is 0.426. The van der Waals surface area contributed by atoms with Gasteiger partial charge in [-0.25, -0.2) is 19.9 Å². The third-order valence-corrected chi connectivity index (χ3v) is 11.9. The van der Waals surface area contributed by atoms with Crippen molar-refractivity contribution in [3.63, 3.8) is 0 Å². The summed E-state index contributed by atoms with van der Waals surface area (Å²) in [5.74, 6) is -6.68. The Morgan fingerprint density at radius 1 is 0.917 bits per heavy atom. The molecule has 0 unspecified atom stereocenters. The number of carbonyl (C=O) groups excluding carboxylic acids is 4. The number of amides is 4. The van der Waals surface area contributed by atoms with Crippen molar-refractivity contribution in [2.24, 2.45) is 22.0 Å². The molecule has 1 aliphatic rings. The van der Waals surface area contributed by atoms with Crippen LogP contribution in [0.3, 0.4) is 0 Å². The number of aromatic hydroxyl groups is 1. The van der Waals surface area contributed by atoms with Gasteiger partial charge in [-0.05, 0) is 66.6 Å². The number of carbonyl (C=O) groups is 5. The molecule has 4 aromatic rings. The number of nitrogen functional groups attached to an aromatic ring is 1. The molecule has 3 aromatic carbocycles. The molecule has 16 N–H and O–H groups in total. The van der Waals surface area contributed by atoms with Crippen molar-refractivity contribution in [3.05, 3.63) is 82.5 Å². The zero-order chi connectivity index (χ0) is 53.4. The monoisotopic (exact) mass is 1020 g/mol. The van der Waals surface area contributed by atoms with E-state index in [-0.39, 0.29) is 82.6 Å². The Bertz CT molecular complexity index is 2750. The number of aryl methyl sites for hydroxylation is 1. The fourth-order valence-corrected chi connectivity index (χ4v) is 8.08. The van der Waals surface area contributed by atoms with Gasteiger partial charge in [0.25, 0.3) is 16.1 Å². The molecule has 24 nitrogen and oxygen atoms in total. The van der Waals surface area contributed by atoms with E-state index in [2.05, 4.69) is 46.7 Å². The summed E-state index contributed by atoms with van der Waals surface area (Å²) < 4.78 is 38.3. The first kappa shape index (κ1) is 55.9. The predicted molar refractivity (Wildman–Crippen MR) is 263 cm³/mol. The molecule has 0 fully saturated rings. The lowest BCUT2D eigenvalue weighted by atomic mass is 9.88. The maximum atomic E-state index is 14.9. The van der Waals surface area contributed by atoms with Crippen molar-refractivity contribution >= 4 is 45.6 Å². The average molecular weight is 1020 g/mol. The van der Waals surface area contributed by atoms with Crippen LogP contribution in [0.5, 0.6) is 17.2 Å². The van der Waals surface area contributed by atoms with Crippen molar-refractivity contribution in [2.45, 2.75) is 83.8 Å². The van der Waals surface area contributed by atoms with Crippen molar-refractivity contribution in [1.82, 2.24) is 35.5 Å². The second-order valence-electron chi connectivity index (χ2n) is 18.6. The number of likely N-dealkylation sites (N-methyl/N-ethyl adjacent to an activating group) is 1.